The lowest BCUT2D eigenvalue weighted by Crippen LogP contribution is -2.04. The molecule has 2 aromatic rings. The van der Waals surface area contributed by atoms with Crippen LogP contribution >= 0.6 is 0 Å². The normalized spacial score (nSPS) is 12.0. The van der Waals surface area contributed by atoms with Crippen molar-refractivity contribution in [2.75, 3.05) is 18.6 Å². The molecule has 21 heavy (non-hydrogen) atoms. The zero-order chi connectivity index (χ0) is 15.6. The average molecular weight is 300 g/mol. The van der Waals surface area contributed by atoms with E-state index in [2.05, 4.69) is 20.4 Å². The molecule has 0 aliphatic carbocycles. The molecule has 0 aliphatic heterocycles. The van der Waals surface area contributed by atoms with Crippen molar-refractivity contribution in [3.05, 3.63) is 23.8 Å². The summed E-state index contributed by atoms with van der Waals surface area (Å²) in [6.45, 7) is 0. The van der Waals surface area contributed by atoms with E-state index in [1.165, 1.54) is 13.2 Å². The van der Waals surface area contributed by atoms with E-state index in [9.17, 15) is 13.2 Å². The van der Waals surface area contributed by atoms with Crippen LogP contribution in [0.2, 0.25) is 0 Å². The monoisotopic (exact) mass is 300 g/mol. The number of nitrogens with one attached hydrogen (secondary N) is 1. The summed E-state index contributed by atoms with van der Waals surface area (Å²) in [5.41, 5.74) is 10.1. The second kappa shape index (κ2) is 5.31. The molecule has 1 heterocycles. The number of azo groups is 1. The van der Waals surface area contributed by atoms with Crippen LogP contribution in [0.15, 0.2) is 28.4 Å². The number of ether oxygens (including phenoxy) is 1. The summed E-state index contributed by atoms with van der Waals surface area (Å²) in [6, 6.07) is 2.99. The second-order valence-corrected chi connectivity index (χ2v) is 3.99. The van der Waals surface area contributed by atoms with E-state index in [4.69, 9.17) is 16.2 Å². The fraction of sp³-hybridized carbons (Fsp3) is 0.182. The molecule has 5 N–H and O–H groups in total. The minimum absolute atomic E-state index is 0.00445. The Morgan fingerprint density at radius 3 is 2.43 bits per heavy atom. The Kier molecular flexibility index (Phi) is 3.70. The first kappa shape index (κ1) is 14.6. The number of aromatic amines is 1. The Balaban J connectivity index is 2.40. The maximum atomic E-state index is 12.7. The average Bonchev–Trinajstić information content (AvgIpc) is 2.74. The van der Waals surface area contributed by atoms with Crippen molar-refractivity contribution in [2.45, 2.75) is 6.18 Å². The SMILES string of the molecule is COc1cc(N=Nc2c(N)n[nH]c2N)cc(C(F)(F)F)c1. The van der Waals surface area contributed by atoms with Crippen molar-refractivity contribution < 1.29 is 17.9 Å². The summed E-state index contributed by atoms with van der Waals surface area (Å²) in [5.74, 6) is 0.0669. The van der Waals surface area contributed by atoms with Crippen molar-refractivity contribution in [3.8, 4) is 5.75 Å². The number of nitrogen functional groups attached to an aromatic ring is 2. The highest BCUT2D eigenvalue weighted by molar-refractivity contribution is 5.70. The molecule has 0 aliphatic rings. The summed E-state index contributed by atoms with van der Waals surface area (Å²) in [4.78, 5) is 0. The summed E-state index contributed by atoms with van der Waals surface area (Å²) in [6.07, 6.45) is -4.52. The maximum absolute atomic E-state index is 12.7. The van der Waals surface area contributed by atoms with Gasteiger partial charge in [0.25, 0.3) is 0 Å². The third kappa shape index (κ3) is 3.22. The van der Waals surface area contributed by atoms with Crippen LogP contribution in [0.3, 0.4) is 0 Å². The van der Waals surface area contributed by atoms with Crippen LogP contribution < -0.4 is 16.2 Å². The van der Waals surface area contributed by atoms with Gasteiger partial charge in [0.2, 0.25) is 0 Å². The number of aromatic nitrogens is 2. The number of hydrogen-bond donors (Lipinski definition) is 3. The Morgan fingerprint density at radius 2 is 1.90 bits per heavy atom. The molecule has 0 radical (unpaired) electrons. The molecule has 7 nitrogen and oxygen atoms in total. The molecule has 0 unspecified atom stereocenters. The molecule has 0 fully saturated rings. The Morgan fingerprint density at radius 1 is 1.19 bits per heavy atom. The molecule has 0 bridgehead atoms. The van der Waals surface area contributed by atoms with Crippen molar-refractivity contribution in [3.63, 3.8) is 0 Å². The van der Waals surface area contributed by atoms with Gasteiger partial charge >= 0.3 is 6.18 Å². The zero-order valence-corrected chi connectivity index (χ0v) is 10.8. The number of benzene rings is 1. The van der Waals surface area contributed by atoms with Crippen LogP contribution in [0.25, 0.3) is 0 Å². The third-order valence-electron chi connectivity index (χ3n) is 2.51. The quantitative estimate of drug-likeness (QED) is 0.755. The summed E-state index contributed by atoms with van der Waals surface area (Å²) < 4.78 is 43.0. The Hall–Kier alpha value is -2.78. The Bertz CT molecular complexity index is 660. The van der Waals surface area contributed by atoms with Gasteiger partial charge in [0, 0.05) is 6.07 Å². The molecule has 0 saturated carbocycles. The minimum atomic E-state index is -4.52. The molecule has 1 aromatic heterocycles. The predicted molar refractivity (Wildman–Crippen MR) is 69.6 cm³/mol. The molecule has 112 valence electrons. The van der Waals surface area contributed by atoms with Crippen molar-refractivity contribution in [1.29, 1.82) is 0 Å². The van der Waals surface area contributed by atoms with Crippen LogP contribution in [-0.4, -0.2) is 17.3 Å². The van der Waals surface area contributed by atoms with Gasteiger partial charge in [0.1, 0.15) is 11.6 Å². The van der Waals surface area contributed by atoms with Gasteiger partial charge in [-0.25, -0.2) is 0 Å². The third-order valence-corrected chi connectivity index (χ3v) is 2.51. The minimum Gasteiger partial charge on any atom is -0.497 e. The second-order valence-electron chi connectivity index (χ2n) is 3.99. The van der Waals surface area contributed by atoms with Crippen LogP contribution in [0.1, 0.15) is 5.56 Å². The number of hydrogen-bond acceptors (Lipinski definition) is 6. The molecule has 0 saturated heterocycles. The van der Waals surface area contributed by atoms with Gasteiger partial charge in [0.15, 0.2) is 11.5 Å². The van der Waals surface area contributed by atoms with E-state index in [1.54, 1.807) is 0 Å². The molecule has 0 amide bonds. The summed E-state index contributed by atoms with van der Waals surface area (Å²) in [5, 5.41) is 13.3. The van der Waals surface area contributed by atoms with E-state index < -0.39 is 11.7 Å². The van der Waals surface area contributed by atoms with Crippen molar-refractivity contribution in [2.24, 2.45) is 10.2 Å². The van der Waals surface area contributed by atoms with Gasteiger partial charge in [-0.2, -0.15) is 23.4 Å². The van der Waals surface area contributed by atoms with E-state index >= 15 is 0 Å². The zero-order valence-electron chi connectivity index (χ0n) is 10.8. The topological polar surface area (TPSA) is 115 Å². The molecule has 0 spiro atoms. The maximum Gasteiger partial charge on any atom is 0.416 e. The first-order chi connectivity index (χ1) is 9.81. The van der Waals surface area contributed by atoms with Gasteiger partial charge in [-0.3, -0.25) is 5.10 Å². The molecular formula is C11H11F3N6O. The number of H-pyrrole nitrogens is 1. The van der Waals surface area contributed by atoms with E-state index in [-0.39, 0.29) is 28.8 Å². The van der Waals surface area contributed by atoms with E-state index in [0.717, 1.165) is 12.1 Å². The highest BCUT2D eigenvalue weighted by Crippen LogP contribution is 2.36. The highest BCUT2D eigenvalue weighted by Gasteiger charge is 2.31. The van der Waals surface area contributed by atoms with E-state index in [0.29, 0.717) is 0 Å². The lowest BCUT2D eigenvalue weighted by Gasteiger charge is -2.09. The van der Waals surface area contributed by atoms with Gasteiger partial charge in [-0.15, -0.1) is 5.11 Å². The van der Waals surface area contributed by atoms with Gasteiger partial charge < -0.3 is 16.2 Å². The number of nitrogens with zero attached hydrogens (tertiary/aromatic N) is 3. The van der Waals surface area contributed by atoms with Crippen LogP contribution in [0.5, 0.6) is 5.75 Å². The number of halogens is 3. The van der Waals surface area contributed by atoms with E-state index in [1.807, 2.05) is 0 Å². The van der Waals surface area contributed by atoms with Gasteiger partial charge in [-0.05, 0) is 12.1 Å². The molecule has 1 aromatic carbocycles. The fourth-order valence-electron chi connectivity index (χ4n) is 1.50. The predicted octanol–water partition coefficient (Wildman–Crippen LogP) is 3.02. The number of alkyl halides is 3. The highest BCUT2D eigenvalue weighted by atomic mass is 19.4. The van der Waals surface area contributed by atoms with Crippen molar-refractivity contribution in [1.82, 2.24) is 10.2 Å². The summed E-state index contributed by atoms with van der Waals surface area (Å²) in [7, 11) is 1.25. The Labute approximate surface area is 116 Å². The summed E-state index contributed by atoms with van der Waals surface area (Å²) >= 11 is 0. The molecular weight excluding hydrogens is 289 g/mol. The fourth-order valence-corrected chi connectivity index (χ4v) is 1.50. The molecule has 0 atom stereocenters. The lowest BCUT2D eigenvalue weighted by molar-refractivity contribution is -0.137. The van der Waals surface area contributed by atoms with Crippen molar-refractivity contribution >= 4 is 23.0 Å². The van der Waals surface area contributed by atoms with Crippen LogP contribution in [0, 0.1) is 0 Å². The lowest BCUT2D eigenvalue weighted by atomic mass is 10.2. The first-order valence-corrected chi connectivity index (χ1v) is 5.58. The van der Waals surface area contributed by atoms with Gasteiger partial charge in [-0.1, -0.05) is 0 Å². The standard InChI is InChI=1S/C11H11F3N6O/c1-21-7-3-5(11(12,13)14)2-6(4-7)17-18-8-9(15)19-20-10(8)16/h2-4H,1H3,(H5,15,16,19,20). The first-order valence-electron chi connectivity index (χ1n) is 5.58. The smallest absolute Gasteiger partial charge is 0.416 e. The number of rotatable bonds is 3. The largest absolute Gasteiger partial charge is 0.497 e. The van der Waals surface area contributed by atoms with Crippen LogP contribution in [0.4, 0.5) is 36.2 Å². The van der Waals surface area contributed by atoms with Gasteiger partial charge in [0.05, 0.1) is 18.4 Å². The molecule has 2 rings (SSSR count). The number of anilines is 2. The molecule has 10 heteroatoms. The number of methoxy groups -OCH3 is 1. The van der Waals surface area contributed by atoms with Crippen LogP contribution in [-0.2, 0) is 6.18 Å². The number of nitrogens with two attached hydrogens (primary N) is 2.